The maximum atomic E-state index is 14.0. The molecule has 1 atom stereocenters. The summed E-state index contributed by atoms with van der Waals surface area (Å²) in [6.07, 6.45) is 1.58. The first-order valence-electron chi connectivity index (χ1n) is 7.17. The lowest BCUT2D eigenvalue weighted by atomic mass is 10.1. The van der Waals surface area contributed by atoms with Gasteiger partial charge in [-0.05, 0) is 25.6 Å². The topological polar surface area (TPSA) is 35.6 Å². The van der Waals surface area contributed by atoms with Gasteiger partial charge >= 0.3 is 0 Å². The highest BCUT2D eigenvalue weighted by atomic mass is 19.1. The predicted molar refractivity (Wildman–Crippen MR) is 76.1 cm³/mol. The van der Waals surface area contributed by atoms with E-state index in [-0.39, 0.29) is 11.7 Å². The summed E-state index contributed by atoms with van der Waals surface area (Å²) >= 11 is 0. The van der Waals surface area contributed by atoms with Crippen molar-refractivity contribution in [2.24, 2.45) is 0 Å². The largest absolute Gasteiger partial charge is 0.367 e. The second kappa shape index (κ2) is 5.40. The van der Waals surface area contributed by atoms with E-state index in [4.69, 9.17) is 0 Å². The van der Waals surface area contributed by atoms with E-state index in [1.165, 1.54) is 6.07 Å². The molecule has 0 saturated carbocycles. The SMILES string of the molecule is CNCc1c(F)cccc1N1CCN2C(=O)CCC2C1. The first kappa shape index (κ1) is 13.4. The van der Waals surface area contributed by atoms with Gasteiger partial charge in [0.1, 0.15) is 5.82 Å². The number of hydrogen-bond acceptors (Lipinski definition) is 3. The minimum absolute atomic E-state index is 0.165. The van der Waals surface area contributed by atoms with Crippen molar-refractivity contribution >= 4 is 11.6 Å². The van der Waals surface area contributed by atoms with Crippen LogP contribution in [0, 0.1) is 5.82 Å². The Morgan fingerprint density at radius 3 is 3.05 bits per heavy atom. The van der Waals surface area contributed by atoms with Gasteiger partial charge in [-0.1, -0.05) is 6.07 Å². The van der Waals surface area contributed by atoms with E-state index in [2.05, 4.69) is 10.2 Å². The molecular weight excluding hydrogens is 257 g/mol. The highest BCUT2D eigenvalue weighted by molar-refractivity contribution is 5.79. The number of benzene rings is 1. The molecule has 1 aromatic rings. The van der Waals surface area contributed by atoms with Crippen LogP contribution in [0.2, 0.25) is 0 Å². The van der Waals surface area contributed by atoms with Gasteiger partial charge in [-0.2, -0.15) is 0 Å². The van der Waals surface area contributed by atoms with Crippen LogP contribution in [0.5, 0.6) is 0 Å². The third kappa shape index (κ3) is 2.26. The second-order valence-electron chi connectivity index (χ2n) is 5.49. The number of hydrogen-bond donors (Lipinski definition) is 1. The van der Waals surface area contributed by atoms with Gasteiger partial charge in [-0.3, -0.25) is 4.79 Å². The van der Waals surface area contributed by atoms with Crippen molar-refractivity contribution in [3.8, 4) is 0 Å². The molecule has 5 heteroatoms. The quantitative estimate of drug-likeness (QED) is 0.906. The third-order valence-electron chi connectivity index (χ3n) is 4.28. The third-order valence-corrected chi connectivity index (χ3v) is 4.28. The van der Waals surface area contributed by atoms with Gasteiger partial charge in [0.2, 0.25) is 5.91 Å². The second-order valence-corrected chi connectivity index (χ2v) is 5.49. The van der Waals surface area contributed by atoms with Crippen LogP contribution in [0.3, 0.4) is 0 Å². The number of rotatable bonds is 3. The van der Waals surface area contributed by atoms with Crippen LogP contribution < -0.4 is 10.2 Å². The van der Waals surface area contributed by atoms with E-state index in [1.807, 2.05) is 18.0 Å². The Hall–Kier alpha value is -1.62. The standard InChI is InChI=1S/C15H20FN3O/c1-17-9-12-13(16)3-2-4-14(12)18-7-8-19-11(10-18)5-6-15(19)20/h2-4,11,17H,5-10H2,1H3. The number of carbonyl (C=O) groups is 1. The molecule has 1 unspecified atom stereocenters. The van der Waals surface area contributed by atoms with Crippen LogP contribution in [0.4, 0.5) is 10.1 Å². The molecule has 1 N–H and O–H groups in total. The number of anilines is 1. The van der Waals surface area contributed by atoms with Gasteiger partial charge in [0, 0.05) is 49.9 Å². The predicted octanol–water partition coefficient (Wildman–Crippen LogP) is 1.36. The van der Waals surface area contributed by atoms with Crippen molar-refractivity contribution in [1.29, 1.82) is 0 Å². The molecular formula is C15H20FN3O. The van der Waals surface area contributed by atoms with Crippen LogP contribution in [0.15, 0.2) is 18.2 Å². The van der Waals surface area contributed by atoms with Gasteiger partial charge in [-0.25, -0.2) is 4.39 Å². The summed E-state index contributed by atoms with van der Waals surface area (Å²) in [4.78, 5) is 15.9. The maximum Gasteiger partial charge on any atom is 0.223 e. The smallest absolute Gasteiger partial charge is 0.223 e. The number of nitrogens with one attached hydrogen (secondary N) is 1. The summed E-state index contributed by atoms with van der Waals surface area (Å²) in [5, 5.41) is 3.03. The molecule has 3 rings (SSSR count). The molecule has 1 aromatic carbocycles. The lowest BCUT2D eigenvalue weighted by Gasteiger charge is -2.39. The van der Waals surface area contributed by atoms with Crippen LogP contribution >= 0.6 is 0 Å². The van der Waals surface area contributed by atoms with Gasteiger partial charge in [-0.15, -0.1) is 0 Å². The molecule has 0 bridgehead atoms. The van der Waals surface area contributed by atoms with Crippen LogP contribution in [-0.4, -0.2) is 43.5 Å². The lowest BCUT2D eigenvalue weighted by Crippen LogP contribution is -2.51. The Labute approximate surface area is 118 Å². The fraction of sp³-hybridized carbons (Fsp3) is 0.533. The van der Waals surface area contributed by atoms with Crippen molar-refractivity contribution in [2.45, 2.75) is 25.4 Å². The number of amides is 1. The summed E-state index contributed by atoms with van der Waals surface area (Å²) < 4.78 is 14.0. The first-order chi connectivity index (χ1) is 9.70. The monoisotopic (exact) mass is 277 g/mol. The van der Waals surface area contributed by atoms with Gasteiger partial charge < -0.3 is 15.1 Å². The van der Waals surface area contributed by atoms with Crippen LogP contribution in [-0.2, 0) is 11.3 Å². The Morgan fingerprint density at radius 2 is 2.25 bits per heavy atom. The first-order valence-corrected chi connectivity index (χ1v) is 7.17. The summed E-state index contributed by atoms with van der Waals surface area (Å²) in [6, 6.07) is 5.53. The highest BCUT2D eigenvalue weighted by Gasteiger charge is 2.36. The average Bonchev–Trinajstić information content (AvgIpc) is 2.82. The molecule has 4 nitrogen and oxygen atoms in total. The van der Waals surface area contributed by atoms with E-state index in [9.17, 15) is 9.18 Å². The fourth-order valence-corrected chi connectivity index (χ4v) is 3.28. The van der Waals surface area contributed by atoms with E-state index >= 15 is 0 Å². The Balaban J connectivity index is 1.83. The molecule has 1 amide bonds. The zero-order valence-corrected chi connectivity index (χ0v) is 11.7. The van der Waals surface area contributed by atoms with Gasteiger partial charge in [0.15, 0.2) is 0 Å². The number of carbonyl (C=O) groups excluding carboxylic acids is 1. The molecule has 2 heterocycles. The molecule has 108 valence electrons. The molecule has 2 fully saturated rings. The molecule has 20 heavy (non-hydrogen) atoms. The zero-order chi connectivity index (χ0) is 14.1. The summed E-state index contributed by atoms with van der Waals surface area (Å²) in [7, 11) is 1.82. The van der Waals surface area contributed by atoms with Crippen molar-refractivity contribution in [1.82, 2.24) is 10.2 Å². The molecule has 2 aliphatic heterocycles. The minimum atomic E-state index is -0.165. The van der Waals surface area contributed by atoms with Crippen LogP contribution in [0.25, 0.3) is 0 Å². The number of piperazine rings is 1. The van der Waals surface area contributed by atoms with Crippen molar-refractivity contribution in [3.05, 3.63) is 29.6 Å². The van der Waals surface area contributed by atoms with E-state index in [0.717, 1.165) is 31.7 Å². The fourth-order valence-electron chi connectivity index (χ4n) is 3.28. The Bertz CT molecular complexity index is 520. The zero-order valence-electron chi connectivity index (χ0n) is 11.7. The van der Waals surface area contributed by atoms with Gasteiger partial charge in [0.25, 0.3) is 0 Å². The van der Waals surface area contributed by atoms with Crippen molar-refractivity contribution in [3.63, 3.8) is 0 Å². The Morgan fingerprint density at radius 1 is 1.40 bits per heavy atom. The Kier molecular flexibility index (Phi) is 3.61. The lowest BCUT2D eigenvalue weighted by molar-refractivity contribution is -0.129. The van der Waals surface area contributed by atoms with E-state index in [0.29, 0.717) is 24.6 Å². The molecule has 2 saturated heterocycles. The molecule has 0 radical (unpaired) electrons. The van der Waals surface area contributed by atoms with Gasteiger partial charge in [0.05, 0.1) is 0 Å². The van der Waals surface area contributed by atoms with Crippen LogP contribution in [0.1, 0.15) is 18.4 Å². The molecule has 0 spiro atoms. The molecule has 0 aromatic heterocycles. The normalized spacial score (nSPS) is 22.3. The van der Waals surface area contributed by atoms with E-state index in [1.54, 1.807) is 6.07 Å². The average molecular weight is 277 g/mol. The number of fused-ring (bicyclic) bond motifs is 1. The minimum Gasteiger partial charge on any atom is -0.367 e. The number of halogens is 1. The summed E-state index contributed by atoms with van der Waals surface area (Å²) in [6.45, 7) is 2.86. The summed E-state index contributed by atoms with van der Waals surface area (Å²) in [5.74, 6) is 0.103. The highest BCUT2D eigenvalue weighted by Crippen LogP contribution is 2.29. The maximum absolute atomic E-state index is 14.0. The number of nitrogens with zero attached hydrogens (tertiary/aromatic N) is 2. The van der Waals surface area contributed by atoms with E-state index < -0.39 is 0 Å². The molecule has 0 aliphatic carbocycles. The van der Waals surface area contributed by atoms with Crippen molar-refractivity contribution < 1.29 is 9.18 Å². The molecule has 2 aliphatic rings. The summed E-state index contributed by atoms with van der Waals surface area (Å²) in [5.41, 5.74) is 1.67. The van der Waals surface area contributed by atoms with Crippen molar-refractivity contribution in [2.75, 3.05) is 31.6 Å².